The minimum atomic E-state index is -3.51. The molecule has 0 spiro atoms. The van der Waals surface area contributed by atoms with E-state index in [1.807, 2.05) is 43.3 Å². The van der Waals surface area contributed by atoms with Crippen molar-refractivity contribution in [3.8, 4) is 5.75 Å². The maximum Gasteiger partial charge on any atom is 0.251 e. The largest absolute Gasteiger partial charge is 0.493 e. The molecule has 3 aromatic carbocycles. The molecule has 1 aliphatic heterocycles. The van der Waals surface area contributed by atoms with Gasteiger partial charge in [0.1, 0.15) is 5.75 Å². The van der Waals surface area contributed by atoms with E-state index in [1.54, 1.807) is 36.4 Å². The highest BCUT2D eigenvalue weighted by Gasteiger charge is 2.19. The molecule has 1 heterocycles. The van der Waals surface area contributed by atoms with Gasteiger partial charge < -0.3 is 15.4 Å². The van der Waals surface area contributed by atoms with E-state index < -0.39 is 9.84 Å². The molecule has 212 valence electrons. The molecule has 0 radical (unpaired) electrons. The van der Waals surface area contributed by atoms with Crippen molar-refractivity contribution in [3.63, 3.8) is 0 Å². The second-order valence-electron chi connectivity index (χ2n) is 10.1. The van der Waals surface area contributed by atoms with Crippen LogP contribution in [0.3, 0.4) is 0 Å². The van der Waals surface area contributed by atoms with Gasteiger partial charge in [0, 0.05) is 37.3 Å². The van der Waals surface area contributed by atoms with E-state index in [-0.39, 0.29) is 35.6 Å². The molecule has 0 fully saturated rings. The molecule has 9 heteroatoms. The summed E-state index contributed by atoms with van der Waals surface area (Å²) in [6.07, 6.45) is 2.61. The molecule has 8 nitrogen and oxygen atoms in total. The third-order valence-corrected chi connectivity index (χ3v) is 8.51. The van der Waals surface area contributed by atoms with Crippen LogP contribution in [0.1, 0.15) is 46.3 Å². The minimum absolute atomic E-state index is 0.00699. The van der Waals surface area contributed by atoms with Crippen molar-refractivity contribution in [1.29, 1.82) is 0 Å². The molecule has 0 bridgehead atoms. The lowest BCUT2D eigenvalue weighted by atomic mass is 10.1. The zero-order valence-electron chi connectivity index (χ0n) is 22.9. The van der Waals surface area contributed by atoms with Gasteiger partial charge in [-0.1, -0.05) is 54.1 Å². The van der Waals surface area contributed by atoms with Crippen LogP contribution in [0.2, 0.25) is 0 Å². The second-order valence-corrected chi connectivity index (χ2v) is 12.2. The number of ether oxygens (including phenoxy) is 1. The number of aryl methyl sites for hydroxylation is 1. The fraction of sp³-hybridized carbons (Fsp3) is 0.355. The quantitative estimate of drug-likeness (QED) is 0.452. The molecule has 0 atom stereocenters. The number of nitrogens with one attached hydrogen (secondary N) is 2. The van der Waals surface area contributed by atoms with E-state index in [0.29, 0.717) is 37.6 Å². The fourth-order valence-electron chi connectivity index (χ4n) is 4.55. The van der Waals surface area contributed by atoms with E-state index in [1.165, 1.54) is 0 Å². The first-order chi connectivity index (χ1) is 19.3. The van der Waals surface area contributed by atoms with Gasteiger partial charge in [-0.2, -0.15) is 0 Å². The SMILES string of the molecule is Cc1ccc(S(=O)(=O)CCNC(=O)c2ccc3c(c2)OCCCCCNC(=O)CN(Cc2ccccc2)C3)cc1. The van der Waals surface area contributed by atoms with Gasteiger partial charge in [-0.05, 0) is 56.0 Å². The normalized spacial score (nSPS) is 15.4. The van der Waals surface area contributed by atoms with Crippen LogP contribution in [0.25, 0.3) is 0 Å². The third-order valence-electron chi connectivity index (χ3n) is 6.78. The summed E-state index contributed by atoms with van der Waals surface area (Å²) in [5, 5.41) is 5.74. The molecule has 0 saturated heterocycles. The predicted octanol–water partition coefficient (Wildman–Crippen LogP) is 3.88. The highest BCUT2D eigenvalue weighted by molar-refractivity contribution is 7.91. The number of nitrogens with zero attached hydrogens (tertiary/aromatic N) is 1. The summed E-state index contributed by atoms with van der Waals surface area (Å²) in [4.78, 5) is 27.9. The van der Waals surface area contributed by atoms with Crippen LogP contribution in [-0.4, -0.2) is 57.1 Å². The molecule has 4 rings (SSSR count). The average Bonchev–Trinajstić information content (AvgIpc) is 2.95. The zero-order valence-corrected chi connectivity index (χ0v) is 23.7. The van der Waals surface area contributed by atoms with Crippen LogP contribution in [0, 0.1) is 6.92 Å². The first-order valence-electron chi connectivity index (χ1n) is 13.7. The Kier molecular flexibility index (Phi) is 10.3. The summed E-state index contributed by atoms with van der Waals surface area (Å²) in [5.41, 5.74) is 3.34. The number of fused-ring (bicyclic) bond motifs is 1. The lowest BCUT2D eigenvalue weighted by molar-refractivity contribution is -0.122. The number of sulfone groups is 1. The smallest absolute Gasteiger partial charge is 0.251 e. The summed E-state index contributed by atoms with van der Waals surface area (Å²) in [7, 11) is -3.51. The molecule has 2 amide bonds. The van der Waals surface area contributed by atoms with E-state index in [4.69, 9.17) is 4.74 Å². The molecule has 3 aromatic rings. The Hall–Kier alpha value is -3.69. The average molecular weight is 564 g/mol. The monoisotopic (exact) mass is 563 g/mol. The number of rotatable bonds is 7. The van der Waals surface area contributed by atoms with Crippen molar-refractivity contribution >= 4 is 21.7 Å². The number of carbonyl (C=O) groups is 2. The molecule has 40 heavy (non-hydrogen) atoms. The number of hydrogen-bond donors (Lipinski definition) is 2. The van der Waals surface area contributed by atoms with Gasteiger partial charge in [0.05, 0.1) is 23.8 Å². The topological polar surface area (TPSA) is 105 Å². The molecular formula is C31H37N3O5S. The van der Waals surface area contributed by atoms with Crippen LogP contribution >= 0.6 is 0 Å². The van der Waals surface area contributed by atoms with Gasteiger partial charge in [0.2, 0.25) is 5.91 Å². The highest BCUT2D eigenvalue weighted by Crippen LogP contribution is 2.24. The maximum absolute atomic E-state index is 12.9. The third kappa shape index (κ3) is 8.66. The molecule has 0 aromatic heterocycles. The second kappa shape index (κ2) is 14.1. The summed E-state index contributed by atoms with van der Waals surface area (Å²) in [5.74, 6) is 0.0144. The van der Waals surface area contributed by atoms with Crippen LogP contribution in [-0.2, 0) is 27.7 Å². The van der Waals surface area contributed by atoms with Crippen molar-refractivity contribution in [3.05, 3.63) is 95.1 Å². The first kappa shape index (κ1) is 29.3. The number of amides is 2. The predicted molar refractivity (Wildman–Crippen MR) is 155 cm³/mol. The Morgan fingerprint density at radius 3 is 2.52 bits per heavy atom. The number of carbonyl (C=O) groups excluding carboxylic acids is 2. The Balaban J connectivity index is 1.47. The van der Waals surface area contributed by atoms with Gasteiger partial charge in [-0.3, -0.25) is 14.5 Å². The maximum atomic E-state index is 12.9. The van der Waals surface area contributed by atoms with Crippen molar-refractivity contribution in [2.75, 3.05) is 32.0 Å². The van der Waals surface area contributed by atoms with Gasteiger partial charge in [0.25, 0.3) is 5.91 Å². The lowest BCUT2D eigenvalue weighted by Crippen LogP contribution is -2.37. The molecule has 0 unspecified atom stereocenters. The highest BCUT2D eigenvalue weighted by atomic mass is 32.2. The van der Waals surface area contributed by atoms with Crippen LogP contribution < -0.4 is 15.4 Å². The van der Waals surface area contributed by atoms with Gasteiger partial charge in [0.15, 0.2) is 9.84 Å². The van der Waals surface area contributed by atoms with Crippen molar-refractivity contribution in [2.24, 2.45) is 0 Å². The summed E-state index contributed by atoms with van der Waals surface area (Å²) in [6, 6.07) is 21.9. The van der Waals surface area contributed by atoms with Crippen molar-refractivity contribution in [1.82, 2.24) is 15.5 Å². The van der Waals surface area contributed by atoms with Crippen molar-refractivity contribution < 1.29 is 22.7 Å². The minimum Gasteiger partial charge on any atom is -0.493 e. The van der Waals surface area contributed by atoms with E-state index >= 15 is 0 Å². The zero-order chi connectivity index (χ0) is 28.4. The van der Waals surface area contributed by atoms with Crippen LogP contribution in [0.15, 0.2) is 77.7 Å². The Bertz CT molecular complexity index is 1390. The van der Waals surface area contributed by atoms with E-state index in [2.05, 4.69) is 15.5 Å². The Morgan fingerprint density at radius 1 is 0.975 bits per heavy atom. The number of benzene rings is 3. The van der Waals surface area contributed by atoms with Gasteiger partial charge in [-0.25, -0.2) is 8.42 Å². The Morgan fingerprint density at radius 2 is 1.75 bits per heavy atom. The van der Waals surface area contributed by atoms with E-state index in [0.717, 1.165) is 36.0 Å². The van der Waals surface area contributed by atoms with Crippen LogP contribution in [0.4, 0.5) is 0 Å². The molecular weight excluding hydrogens is 526 g/mol. The molecule has 2 N–H and O–H groups in total. The summed E-state index contributed by atoms with van der Waals surface area (Å²) >= 11 is 0. The molecule has 1 aliphatic rings. The lowest BCUT2D eigenvalue weighted by Gasteiger charge is -2.23. The molecule has 0 saturated carbocycles. The van der Waals surface area contributed by atoms with Crippen molar-refractivity contribution in [2.45, 2.75) is 44.2 Å². The Labute approximate surface area is 236 Å². The first-order valence-corrected chi connectivity index (χ1v) is 15.3. The standard InChI is InChI=1S/C31H37N3O5S/c1-24-10-14-28(15-11-24)40(37,38)19-17-33-31(36)26-12-13-27-22-34(21-25-8-4-2-5-9-25)23-30(35)32-16-6-3-7-18-39-29(27)20-26/h2,4-5,8-15,20H,3,6-7,16-19,21-23H2,1H3,(H,32,35)(H,33,36). The summed E-state index contributed by atoms with van der Waals surface area (Å²) < 4.78 is 31.4. The number of hydrogen-bond acceptors (Lipinski definition) is 6. The molecule has 0 aliphatic carbocycles. The fourth-order valence-corrected chi connectivity index (χ4v) is 5.71. The van der Waals surface area contributed by atoms with Gasteiger partial charge >= 0.3 is 0 Å². The summed E-state index contributed by atoms with van der Waals surface area (Å²) in [6.45, 7) is 4.32. The van der Waals surface area contributed by atoms with E-state index in [9.17, 15) is 18.0 Å². The van der Waals surface area contributed by atoms with Gasteiger partial charge in [-0.15, -0.1) is 0 Å². The van der Waals surface area contributed by atoms with Crippen LogP contribution in [0.5, 0.6) is 5.75 Å².